The van der Waals surface area contributed by atoms with Gasteiger partial charge in [0.15, 0.2) is 0 Å². The molecule has 1 heterocycles. The second kappa shape index (κ2) is 5.13. The quantitative estimate of drug-likeness (QED) is 0.433. The van der Waals surface area contributed by atoms with Crippen LogP contribution in [0.3, 0.4) is 0 Å². The third kappa shape index (κ3) is 2.67. The first-order chi connectivity index (χ1) is 6.75. The highest BCUT2D eigenvalue weighted by Gasteiger charge is 2.12. The van der Waals surface area contributed by atoms with Gasteiger partial charge in [-0.2, -0.15) is 0 Å². The molecule has 0 aromatic carbocycles. The lowest BCUT2D eigenvalue weighted by Crippen LogP contribution is -2.10. The molecule has 0 fully saturated rings. The van der Waals surface area contributed by atoms with Gasteiger partial charge in [-0.3, -0.25) is 10.1 Å². The van der Waals surface area contributed by atoms with Gasteiger partial charge in [-0.1, -0.05) is 0 Å². The van der Waals surface area contributed by atoms with Gasteiger partial charge in [0.05, 0.1) is 11.5 Å². The van der Waals surface area contributed by atoms with Gasteiger partial charge in [-0.25, -0.2) is 4.98 Å². The van der Waals surface area contributed by atoms with Gasteiger partial charge < -0.3 is 10.1 Å². The summed E-state index contributed by atoms with van der Waals surface area (Å²) in [5.74, 6) is 0.273. The van der Waals surface area contributed by atoms with Crippen LogP contribution in [0.2, 0.25) is 0 Å². The first-order valence-corrected chi connectivity index (χ1v) is 4.08. The van der Waals surface area contributed by atoms with Gasteiger partial charge in [0.2, 0.25) is 5.82 Å². The van der Waals surface area contributed by atoms with E-state index in [1.54, 1.807) is 7.11 Å². The highest BCUT2D eigenvalue weighted by molar-refractivity contribution is 5.54. The molecular weight excluding hydrogens is 186 g/mol. The summed E-state index contributed by atoms with van der Waals surface area (Å²) in [5, 5.41) is 13.4. The number of hydrogen-bond donors (Lipinski definition) is 1. The summed E-state index contributed by atoms with van der Waals surface area (Å²) in [6.45, 7) is 0.974. The van der Waals surface area contributed by atoms with Crippen molar-refractivity contribution < 1.29 is 9.66 Å². The molecule has 0 aliphatic carbocycles. The molecule has 1 aromatic rings. The van der Waals surface area contributed by atoms with Crippen LogP contribution in [0.25, 0.3) is 0 Å². The van der Waals surface area contributed by atoms with Crippen LogP contribution in [0.5, 0.6) is 0 Å². The first-order valence-electron chi connectivity index (χ1n) is 4.08. The lowest BCUT2D eigenvalue weighted by molar-refractivity contribution is -0.384. The van der Waals surface area contributed by atoms with Crippen LogP contribution in [-0.2, 0) is 4.74 Å². The summed E-state index contributed by atoms with van der Waals surface area (Å²) in [7, 11) is 1.56. The van der Waals surface area contributed by atoms with Gasteiger partial charge in [0, 0.05) is 25.9 Å². The lowest BCUT2D eigenvalue weighted by Gasteiger charge is -2.04. The minimum Gasteiger partial charge on any atom is -0.383 e. The molecule has 0 aliphatic rings. The largest absolute Gasteiger partial charge is 0.383 e. The summed E-state index contributed by atoms with van der Waals surface area (Å²) in [6.07, 6.45) is 1.50. The zero-order valence-corrected chi connectivity index (χ0v) is 7.77. The van der Waals surface area contributed by atoms with Crippen molar-refractivity contribution in [1.29, 1.82) is 0 Å². The van der Waals surface area contributed by atoms with Crippen LogP contribution in [-0.4, -0.2) is 30.2 Å². The molecule has 1 N–H and O–H groups in total. The average molecular weight is 197 g/mol. The topological polar surface area (TPSA) is 77.3 Å². The van der Waals surface area contributed by atoms with Crippen molar-refractivity contribution in [2.24, 2.45) is 0 Å². The third-order valence-electron chi connectivity index (χ3n) is 1.58. The Hall–Kier alpha value is -1.69. The molecule has 6 heteroatoms. The SMILES string of the molecule is COCCNc1ncccc1[N+](=O)[O-]. The van der Waals surface area contributed by atoms with Gasteiger partial charge in [-0.15, -0.1) is 0 Å². The number of methoxy groups -OCH3 is 1. The number of nitrogens with one attached hydrogen (secondary N) is 1. The Bertz CT molecular complexity index is 316. The fourth-order valence-electron chi connectivity index (χ4n) is 0.952. The summed E-state index contributed by atoms with van der Waals surface area (Å²) in [4.78, 5) is 13.9. The fourth-order valence-corrected chi connectivity index (χ4v) is 0.952. The minimum absolute atomic E-state index is 0.0244. The number of nitro groups is 1. The zero-order chi connectivity index (χ0) is 10.4. The summed E-state index contributed by atoms with van der Waals surface area (Å²) in [6, 6.07) is 2.93. The molecule has 0 saturated heterocycles. The van der Waals surface area contributed by atoms with Gasteiger partial charge in [0.25, 0.3) is 0 Å². The van der Waals surface area contributed by atoms with E-state index < -0.39 is 4.92 Å². The summed E-state index contributed by atoms with van der Waals surface area (Å²) in [5.41, 5.74) is -0.0244. The molecular formula is C8H11N3O3. The number of nitrogens with zero attached hydrogens (tertiary/aromatic N) is 2. The summed E-state index contributed by atoms with van der Waals surface area (Å²) < 4.78 is 4.80. The molecule has 0 bridgehead atoms. The highest BCUT2D eigenvalue weighted by Crippen LogP contribution is 2.19. The molecule has 0 radical (unpaired) electrons. The van der Waals surface area contributed by atoms with Crippen molar-refractivity contribution >= 4 is 11.5 Å². The Balaban J connectivity index is 2.69. The number of aromatic nitrogens is 1. The van der Waals surface area contributed by atoms with E-state index in [9.17, 15) is 10.1 Å². The van der Waals surface area contributed by atoms with E-state index in [0.29, 0.717) is 13.2 Å². The Labute approximate surface area is 81.1 Å². The Kier molecular flexibility index (Phi) is 3.81. The van der Waals surface area contributed by atoms with Crippen LogP contribution in [0.1, 0.15) is 0 Å². The summed E-state index contributed by atoms with van der Waals surface area (Å²) >= 11 is 0. The van der Waals surface area contributed by atoms with Crippen LogP contribution in [0.4, 0.5) is 11.5 Å². The van der Waals surface area contributed by atoms with Crippen molar-refractivity contribution in [1.82, 2.24) is 4.98 Å². The van der Waals surface area contributed by atoms with E-state index in [1.165, 1.54) is 18.3 Å². The van der Waals surface area contributed by atoms with Crippen LogP contribution in [0.15, 0.2) is 18.3 Å². The predicted octanol–water partition coefficient (Wildman–Crippen LogP) is 1.05. The molecule has 1 aromatic heterocycles. The normalized spacial score (nSPS) is 9.79. The molecule has 0 aliphatic heterocycles. The van der Waals surface area contributed by atoms with Crippen LogP contribution >= 0.6 is 0 Å². The second-order valence-corrected chi connectivity index (χ2v) is 2.55. The molecule has 0 atom stereocenters. The Morgan fingerprint density at radius 2 is 2.50 bits per heavy atom. The van der Waals surface area contributed by atoms with Gasteiger partial charge in [0.1, 0.15) is 0 Å². The van der Waals surface area contributed by atoms with Crippen molar-refractivity contribution in [3.63, 3.8) is 0 Å². The first kappa shape index (κ1) is 10.4. The van der Waals surface area contributed by atoms with Gasteiger partial charge >= 0.3 is 5.69 Å². The van der Waals surface area contributed by atoms with Crippen LogP contribution in [0, 0.1) is 10.1 Å². The van der Waals surface area contributed by atoms with Crippen molar-refractivity contribution in [2.75, 3.05) is 25.6 Å². The number of anilines is 1. The molecule has 0 saturated carbocycles. The smallest absolute Gasteiger partial charge is 0.311 e. The fraction of sp³-hybridized carbons (Fsp3) is 0.375. The van der Waals surface area contributed by atoms with Gasteiger partial charge in [-0.05, 0) is 6.07 Å². The Morgan fingerprint density at radius 1 is 1.71 bits per heavy atom. The zero-order valence-electron chi connectivity index (χ0n) is 7.77. The number of rotatable bonds is 5. The predicted molar refractivity (Wildman–Crippen MR) is 51.3 cm³/mol. The maximum absolute atomic E-state index is 10.5. The molecule has 0 unspecified atom stereocenters. The van der Waals surface area contributed by atoms with E-state index in [1.807, 2.05) is 0 Å². The number of pyridine rings is 1. The van der Waals surface area contributed by atoms with Crippen molar-refractivity contribution in [3.8, 4) is 0 Å². The molecule has 6 nitrogen and oxygen atoms in total. The second-order valence-electron chi connectivity index (χ2n) is 2.55. The number of hydrogen-bond acceptors (Lipinski definition) is 5. The molecule has 0 spiro atoms. The maximum atomic E-state index is 10.5. The molecule has 14 heavy (non-hydrogen) atoms. The monoisotopic (exact) mass is 197 g/mol. The average Bonchev–Trinajstić information content (AvgIpc) is 2.19. The highest BCUT2D eigenvalue weighted by atomic mass is 16.6. The standard InChI is InChI=1S/C8H11N3O3/c1-14-6-5-10-8-7(11(12)13)3-2-4-9-8/h2-4H,5-6H2,1H3,(H,9,10). The van der Waals surface area contributed by atoms with Crippen LogP contribution < -0.4 is 5.32 Å². The lowest BCUT2D eigenvalue weighted by atomic mass is 10.4. The van der Waals surface area contributed by atoms with E-state index >= 15 is 0 Å². The number of ether oxygens (including phenoxy) is 1. The molecule has 0 amide bonds. The van der Waals surface area contributed by atoms with E-state index in [0.717, 1.165) is 0 Å². The third-order valence-corrected chi connectivity index (χ3v) is 1.58. The Morgan fingerprint density at radius 3 is 3.14 bits per heavy atom. The van der Waals surface area contributed by atoms with Crippen molar-refractivity contribution in [2.45, 2.75) is 0 Å². The molecule has 76 valence electrons. The maximum Gasteiger partial charge on any atom is 0.311 e. The molecule has 1 rings (SSSR count). The van der Waals surface area contributed by atoms with E-state index in [4.69, 9.17) is 4.74 Å². The van der Waals surface area contributed by atoms with E-state index in [-0.39, 0.29) is 11.5 Å². The minimum atomic E-state index is -0.470. The van der Waals surface area contributed by atoms with Crippen molar-refractivity contribution in [3.05, 3.63) is 28.4 Å². The van der Waals surface area contributed by atoms with E-state index in [2.05, 4.69) is 10.3 Å².